The molecule has 1 aromatic rings. The molecule has 0 saturated carbocycles. The fourth-order valence-corrected chi connectivity index (χ4v) is 1.19. The zero-order chi connectivity index (χ0) is 8.97. The lowest BCUT2D eigenvalue weighted by atomic mass is 10.7. The van der Waals surface area contributed by atoms with Crippen LogP contribution in [0.3, 0.4) is 0 Å². The molecule has 0 fully saturated rings. The molecule has 1 N–H and O–H groups in total. The van der Waals surface area contributed by atoms with Gasteiger partial charge in [-0.05, 0) is 6.92 Å². The van der Waals surface area contributed by atoms with Crippen LogP contribution in [0.4, 0.5) is 0 Å². The van der Waals surface area contributed by atoms with E-state index in [1.807, 2.05) is 0 Å². The van der Waals surface area contributed by atoms with Crippen molar-refractivity contribution in [1.82, 2.24) is 10.1 Å². The third-order valence-electron chi connectivity index (χ3n) is 1.02. The summed E-state index contributed by atoms with van der Waals surface area (Å²) < 4.78 is 4.77. The summed E-state index contributed by atoms with van der Waals surface area (Å²) >= 11 is 1.23. The number of carbonyl (C=O) groups is 1. The number of aromatic nitrogens is 2. The van der Waals surface area contributed by atoms with Gasteiger partial charge in [-0.3, -0.25) is 4.79 Å². The number of nitrogens with zero attached hydrogens (tertiary/aromatic N) is 2. The van der Waals surface area contributed by atoms with Gasteiger partial charge in [-0.2, -0.15) is 4.98 Å². The Morgan fingerprint density at radius 1 is 1.75 bits per heavy atom. The lowest BCUT2D eigenvalue weighted by molar-refractivity contribution is -0.133. The highest BCUT2D eigenvalue weighted by molar-refractivity contribution is 7.99. The van der Waals surface area contributed by atoms with Gasteiger partial charge in [0, 0.05) is 0 Å². The molecule has 0 atom stereocenters. The van der Waals surface area contributed by atoms with E-state index in [-0.39, 0.29) is 5.75 Å². The molecule has 1 heterocycles. The minimum absolute atomic E-state index is 0.0570. The van der Waals surface area contributed by atoms with Crippen LogP contribution >= 0.6 is 11.8 Å². The number of hydrogen-bond donors (Lipinski definition) is 1. The quantitative estimate of drug-likeness (QED) is 0.749. The van der Waals surface area contributed by atoms with Crippen LogP contribution in [0.1, 0.15) is 11.7 Å². The van der Waals surface area contributed by atoms with Crippen LogP contribution in [-0.4, -0.2) is 27.0 Å². The monoisotopic (exact) mass is 188 g/mol. The van der Waals surface area contributed by atoms with E-state index in [4.69, 9.17) is 9.63 Å². The summed E-state index contributed by atoms with van der Waals surface area (Å²) in [5, 5.41) is 11.9. The molecule has 0 radical (unpaired) electrons. The van der Waals surface area contributed by atoms with E-state index in [1.54, 1.807) is 6.92 Å². The fraction of sp³-hybridized carbons (Fsp3) is 0.500. The van der Waals surface area contributed by atoms with Crippen molar-refractivity contribution in [2.75, 3.05) is 5.75 Å². The number of thioether (sulfide) groups is 1. The SMILES string of the molecule is Cc1noc(CSCC(=O)O)n1. The van der Waals surface area contributed by atoms with E-state index in [1.165, 1.54) is 11.8 Å². The molecule has 1 aromatic heterocycles. The van der Waals surface area contributed by atoms with Crippen molar-refractivity contribution >= 4 is 17.7 Å². The first-order valence-corrected chi connectivity index (χ1v) is 4.42. The summed E-state index contributed by atoms with van der Waals surface area (Å²) in [6.45, 7) is 1.72. The molecule has 5 nitrogen and oxygen atoms in total. The average molecular weight is 188 g/mol. The molecule has 6 heteroatoms. The molecular formula is C6H8N2O3S. The molecule has 0 aliphatic heterocycles. The van der Waals surface area contributed by atoms with Gasteiger partial charge in [-0.1, -0.05) is 5.16 Å². The summed E-state index contributed by atoms with van der Waals surface area (Å²) in [5.41, 5.74) is 0. The van der Waals surface area contributed by atoms with Crippen LogP contribution in [0.2, 0.25) is 0 Å². The van der Waals surface area contributed by atoms with Gasteiger partial charge >= 0.3 is 5.97 Å². The summed E-state index contributed by atoms with van der Waals surface area (Å²) in [5.74, 6) is 0.713. The van der Waals surface area contributed by atoms with Crippen LogP contribution in [-0.2, 0) is 10.5 Å². The van der Waals surface area contributed by atoms with Crippen molar-refractivity contribution in [3.05, 3.63) is 11.7 Å². The topological polar surface area (TPSA) is 76.2 Å². The second-order valence-electron chi connectivity index (χ2n) is 2.12. The molecule has 0 unspecified atom stereocenters. The summed E-state index contributed by atoms with van der Waals surface area (Å²) in [6, 6.07) is 0. The number of carboxylic acids is 1. The third kappa shape index (κ3) is 2.91. The second kappa shape index (κ2) is 4.10. The highest BCUT2D eigenvalue weighted by Gasteiger charge is 2.03. The predicted molar refractivity (Wildman–Crippen MR) is 42.8 cm³/mol. The van der Waals surface area contributed by atoms with Gasteiger partial charge in [-0.15, -0.1) is 11.8 Å². The Hall–Kier alpha value is -1.04. The smallest absolute Gasteiger partial charge is 0.313 e. The van der Waals surface area contributed by atoms with Gasteiger partial charge in [0.2, 0.25) is 5.89 Å². The maximum absolute atomic E-state index is 10.1. The van der Waals surface area contributed by atoms with Crippen LogP contribution in [0.15, 0.2) is 4.52 Å². The first-order valence-electron chi connectivity index (χ1n) is 3.27. The molecule has 66 valence electrons. The highest BCUT2D eigenvalue weighted by Crippen LogP contribution is 2.09. The Morgan fingerprint density at radius 2 is 2.50 bits per heavy atom. The normalized spacial score (nSPS) is 10.1. The van der Waals surface area contributed by atoms with E-state index in [2.05, 4.69) is 10.1 Å². The Balaban J connectivity index is 2.29. The van der Waals surface area contributed by atoms with Gasteiger partial charge in [0.05, 0.1) is 11.5 Å². The van der Waals surface area contributed by atoms with Crippen molar-refractivity contribution < 1.29 is 14.4 Å². The number of hydrogen-bond acceptors (Lipinski definition) is 5. The zero-order valence-corrected chi connectivity index (χ0v) is 7.30. The zero-order valence-electron chi connectivity index (χ0n) is 6.48. The van der Waals surface area contributed by atoms with Gasteiger partial charge in [0.25, 0.3) is 0 Å². The number of rotatable bonds is 4. The van der Waals surface area contributed by atoms with Crippen molar-refractivity contribution in [3.8, 4) is 0 Å². The first-order chi connectivity index (χ1) is 5.68. The molecule has 0 spiro atoms. The lowest BCUT2D eigenvalue weighted by Gasteiger charge is -1.90. The maximum atomic E-state index is 10.1. The van der Waals surface area contributed by atoms with E-state index >= 15 is 0 Å². The van der Waals surface area contributed by atoms with Crippen LogP contribution in [0.25, 0.3) is 0 Å². The van der Waals surface area contributed by atoms with Crippen molar-refractivity contribution in [2.45, 2.75) is 12.7 Å². The molecule has 0 bridgehead atoms. The van der Waals surface area contributed by atoms with Crippen LogP contribution in [0, 0.1) is 6.92 Å². The lowest BCUT2D eigenvalue weighted by Crippen LogP contribution is -1.98. The minimum atomic E-state index is -0.837. The van der Waals surface area contributed by atoms with Gasteiger partial charge < -0.3 is 9.63 Å². The molecule has 0 saturated heterocycles. The largest absolute Gasteiger partial charge is 0.481 e. The third-order valence-corrected chi connectivity index (χ3v) is 1.92. The van der Waals surface area contributed by atoms with E-state index in [0.717, 1.165) is 0 Å². The van der Waals surface area contributed by atoms with Crippen LogP contribution in [0.5, 0.6) is 0 Å². The van der Waals surface area contributed by atoms with Gasteiger partial charge in [-0.25, -0.2) is 0 Å². The molecule has 0 aliphatic carbocycles. The first kappa shape index (κ1) is 9.05. The molecule has 0 aliphatic rings. The predicted octanol–water partition coefficient (Wildman–Crippen LogP) is 0.696. The average Bonchev–Trinajstić information content (AvgIpc) is 2.35. The molecule has 0 amide bonds. The van der Waals surface area contributed by atoms with Gasteiger partial charge in [0.1, 0.15) is 0 Å². The maximum Gasteiger partial charge on any atom is 0.313 e. The Labute approximate surface area is 73.2 Å². The van der Waals surface area contributed by atoms with Crippen molar-refractivity contribution in [1.29, 1.82) is 0 Å². The molecular weight excluding hydrogens is 180 g/mol. The van der Waals surface area contributed by atoms with Crippen molar-refractivity contribution in [3.63, 3.8) is 0 Å². The standard InChI is InChI=1S/C6H8N2O3S/c1-4-7-5(11-8-4)2-12-3-6(9)10/h2-3H2,1H3,(H,9,10). The number of carboxylic acid groups (broad SMARTS) is 1. The van der Waals surface area contributed by atoms with Crippen molar-refractivity contribution in [2.24, 2.45) is 0 Å². The van der Waals surface area contributed by atoms with E-state index in [9.17, 15) is 4.79 Å². The molecule has 1 rings (SSSR count). The highest BCUT2D eigenvalue weighted by atomic mass is 32.2. The van der Waals surface area contributed by atoms with E-state index in [0.29, 0.717) is 17.5 Å². The number of aryl methyl sites for hydroxylation is 1. The fourth-order valence-electron chi connectivity index (χ4n) is 0.624. The molecule has 0 aromatic carbocycles. The Kier molecular flexibility index (Phi) is 3.09. The summed E-state index contributed by atoms with van der Waals surface area (Å²) in [7, 11) is 0. The molecule has 12 heavy (non-hydrogen) atoms. The van der Waals surface area contributed by atoms with E-state index < -0.39 is 5.97 Å². The summed E-state index contributed by atoms with van der Waals surface area (Å²) in [4.78, 5) is 14.0. The Bertz CT molecular complexity index is 274. The number of aliphatic carboxylic acids is 1. The minimum Gasteiger partial charge on any atom is -0.481 e. The van der Waals surface area contributed by atoms with Crippen LogP contribution < -0.4 is 0 Å². The summed E-state index contributed by atoms with van der Waals surface area (Å²) in [6.07, 6.45) is 0. The second-order valence-corrected chi connectivity index (χ2v) is 3.11. The Morgan fingerprint density at radius 3 is 3.00 bits per heavy atom. The van der Waals surface area contributed by atoms with Gasteiger partial charge in [0.15, 0.2) is 5.82 Å².